The maximum absolute atomic E-state index is 14.2. The van der Waals surface area contributed by atoms with E-state index in [0.29, 0.717) is 30.0 Å². The molecular weight excluding hydrogens is 573 g/mol. The number of carbonyl (C=O) groups excluding carboxylic acids is 2. The van der Waals surface area contributed by atoms with Crippen LogP contribution in [0, 0.1) is 17.5 Å². The molecule has 0 aliphatic heterocycles. The van der Waals surface area contributed by atoms with Crippen molar-refractivity contribution < 1.29 is 36.6 Å². The first-order valence-electron chi connectivity index (χ1n) is 13.3. The number of benzene rings is 2. The van der Waals surface area contributed by atoms with Gasteiger partial charge in [-0.3, -0.25) is 19.3 Å². The number of carbonyl (C=O) groups is 2. The molecule has 0 saturated heterocycles. The lowest BCUT2D eigenvalue weighted by atomic mass is 9.94. The summed E-state index contributed by atoms with van der Waals surface area (Å²) in [4.78, 5) is 29.5. The summed E-state index contributed by atoms with van der Waals surface area (Å²) in [5.41, 5.74) is 5.86. The molecule has 4 N–H and O–H groups in total. The highest BCUT2D eigenvalue weighted by atomic mass is 19.3. The van der Waals surface area contributed by atoms with E-state index in [1.807, 2.05) is 0 Å². The predicted octanol–water partition coefficient (Wildman–Crippen LogP) is 4.87. The maximum atomic E-state index is 14.2. The lowest BCUT2D eigenvalue weighted by Crippen LogP contribution is -2.34. The molecule has 8 nitrogen and oxygen atoms in total. The number of aliphatic hydroxyl groups is 1. The van der Waals surface area contributed by atoms with Crippen LogP contribution in [-0.2, 0) is 24.4 Å². The molecule has 1 atom stereocenters. The topological polar surface area (TPSA) is 123 Å². The van der Waals surface area contributed by atoms with Gasteiger partial charge in [-0.1, -0.05) is 12.1 Å². The van der Waals surface area contributed by atoms with E-state index in [9.17, 15) is 36.6 Å². The molecule has 1 fully saturated rings. The Kier molecular flexibility index (Phi) is 8.53. The normalized spacial score (nSPS) is 13.7. The molecule has 224 valence electrons. The molecule has 0 bridgehead atoms. The third-order valence-corrected chi connectivity index (χ3v) is 7.17. The molecular formula is C30H26F5N5O3. The van der Waals surface area contributed by atoms with Gasteiger partial charge in [0.25, 0.3) is 12.3 Å². The summed E-state index contributed by atoms with van der Waals surface area (Å²) in [5, 5.41) is 16.6. The molecule has 4 aromatic rings. The number of alkyl halides is 2. The van der Waals surface area contributed by atoms with Gasteiger partial charge in [-0.2, -0.15) is 5.10 Å². The summed E-state index contributed by atoms with van der Waals surface area (Å²) in [6.07, 6.45) is -0.314. The first-order valence-corrected chi connectivity index (χ1v) is 13.3. The highest BCUT2D eigenvalue weighted by Gasteiger charge is 2.35. The van der Waals surface area contributed by atoms with Crippen molar-refractivity contribution in [1.82, 2.24) is 20.1 Å². The molecule has 2 heterocycles. The fraction of sp³-hybridized carbons (Fsp3) is 0.267. The van der Waals surface area contributed by atoms with Gasteiger partial charge in [0.1, 0.15) is 29.7 Å². The van der Waals surface area contributed by atoms with Crippen molar-refractivity contribution in [1.29, 1.82) is 0 Å². The van der Waals surface area contributed by atoms with E-state index in [0.717, 1.165) is 22.9 Å². The van der Waals surface area contributed by atoms with Crippen LogP contribution in [0.15, 0.2) is 54.7 Å². The summed E-state index contributed by atoms with van der Waals surface area (Å²) in [5.74, 6) is -4.41. The molecule has 2 aromatic heterocycles. The average Bonchev–Trinajstić information content (AvgIpc) is 3.73. The quantitative estimate of drug-likeness (QED) is 0.212. The summed E-state index contributed by atoms with van der Waals surface area (Å²) in [6.45, 7) is -1.15. The van der Waals surface area contributed by atoms with Crippen LogP contribution in [0.1, 0.15) is 69.8 Å². The average molecular weight is 600 g/mol. The Morgan fingerprint density at radius 2 is 1.77 bits per heavy atom. The van der Waals surface area contributed by atoms with E-state index in [-0.39, 0.29) is 40.4 Å². The van der Waals surface area contributed by atoms with Crippen LogP contribution in [0.3, 0.4) is 0 Å². The Morgan fingerprint density at radius 3 is 2.40 bits per heavy atom. The van der Waals surface area contributed by atoms with Crippen molar-refractivity contribution in [3.8, 4) is 11.1 Å². The highest BCUT2D eigenvalue weighted by molar-refractivity contribution is 5.94. The van der Waals surface area contributed by atoms with Gasteiger partial charge >= 0.3 is 0 Å². The number of nitrogens with two attached hydrogens (primary N) is 1. The van der Waals surface area contributed by atoms with Crippen LogP contribution in [0.2, 0.25) is 0 Å². The van der Waals surface area contributed by atoms with Gasteiger partial charge in [0.2, 0.25) is 5.91 Å². The summed E-state index contributed by atoms with van der Waals surface area (Å²) in [6, 6.07) is 8.64. The molecule has 1 aliphatic carbocycles. The number of hydrogen-bond acceptors (Lipinski definition) is 5. The van der Waals surface area contributed by atoms with E-state index < -0.39 is 60.6 Å². The van der Waals surface area contributed by atoms with Gasteiger partial charge in [0.05, 0.1) is 29.6 Å². The van der Waals surface area contributed by atoms with Crippen molar-refractivity contribution in [2.24, 2.45) is 5.73 Å². The van der Waals surface area contributed by atoms with Crippen LogP contribution in [0.4, 0.5) is 22.0 Å². The van der Waals surface area contributed by atoms with Gasteiger partial charge in [-0.25, -0.2) is 22.0 Å². The molecule has 5 rings (SSSR count). The number of pyridine rings is 1. The number of rotatable bonds is 11. The first kappa shape index (κ1) is 29.8. The lowest BCUT2D eigenvalue weighted by molar-refractivity contribution is -0.122. The molecule has 0 unspecified atom stereocenters. The summed E-state index contributed by atoms with van der Waals surface area (Å²) < 4.78 is 70.9. The third kappa shape index (κ3) is 6.56. The Hall–Kier alpha value is -4.65. The minimum atomic E-state index is -2.90. The lowest BCUT2D eigenvalue weighted by Gasteiger charge is -2.22. The Morgan fingerprint density at radius 1 is 1.05 bits per heavy atom. The summed E-state index contributed by atoms with van der Waals surface area (Å²) in [7, 11) is 0. The third-order valence-electron chi connectivity index (χ3n) is 7.17. The predicted molar refractivity (Wildman–Crippen MR) is 144 cm³/mol. The summed E-state index contributed by atoms with van der Waals surface area (Å²) >= 11 is 0. The van der Waals surface area contributed by atoms with Crippen molar-refractivity contribution >= 4 is 11.8 Å². The van der Waals surface area contributed by atoms with E-state index in [1.165, 1.54) is 18.3 Å². The number of halogens is 5. The van der Waals surface area contributed by atoms with Crippen LogP contribution < -0.4 is 11.1 Å². The second-order valence-corrected chi connectivity index (χ2v) is 10.2. The number of aliphatic hydroxyl groups excluding tert-OH is 1. The zero-order chi connectivity index (χ0) is 30.8. The Bertz CT molecular complexity index is 1670. The first-order chi connectivity index (χ1) is 20.5. The van der Waals surface area contributed by atoms with Crippen LogP contribution in [-0.4, -0.2) is 31.7 Å². The Balaban J connectivity index is 1.52. The largest absolute Gasteiger partial charge is 0.390 e. The molecule has 13 heteroatoms. The van der Waals surface area contributed by atoms with Crippen LogP contribution in [0.25, 0.3) is 11.1 Å². The number of amides is 2. The standard InChI is InChI=1S/C30H26F5N5O3/c31-18-8-15(9-19(32)12-18)10-23(27-20(2-1-7-37-27)17-5-6-22(33)21(11-17)30(36)43)38-25(42)13-40-24(14-41)26(16-3-4-16)28(39-40)29(34)35/h1-2,5-9,11-12,16,23,29,41H,3-4,10,13-14H2,(H2,36,43)(H,38,42)/t23-/m0/s1. The van der Waals surface area contributed by atoms with Crippen molar-refractivity contribution in [2.75, 3.05) is 0 Å². The second-order valence-electron chi connectivity index (χ2n) is 10.2. The van der Waals surface area contributed by atoms with E-state index in [2.05, 4.69) is 15.4 Å². The van der Waals surface area contributed by atoms with E-state index in [4.69, 9.17) is 5.73 Å². The molecule has 43 heavy (non-hydrogen) atoms. The molecule has 0 radical (unpaired) electrons. The van der Waals surface area contributed by atoms with Gasteiger partial charge in [0, 0.05) is 23.4 Å². The molecule has 2 amide bonds. The molecule has 0 spiro atoms. The fourth-order valence-electron chi connectivity index (χ4n) is 5.18. The van der Waals surface area contributed by atoms with Gasteiger partial charge in [-0.15, -0.1) is 0 Å². The number of nitrogens with zero attached hydrogens (tertiary/aromatic N) is 3. The van der Waals surface area contributed by atoms with Crippen molar-refractivity contribution in [3.05, 3.63) is 106 Å². The number of nitrogens with one attached hydrogen (secondary N) is 1. The van der Waals surface area contributed by atoms with Crippen molar-refractivity contribution in [2.45, 2.75) is 50.8 Å². The minimum absolute atomic E-state index is 0.112. The van der Waals surface area contributed by atoms with E-state index >= 15 is 0 Å². The minimum Gasteiger partial charge on any atom is -0.390 e. The highest BCUT2D eigenvalue weighted by Crippen LogP contribution is 2.45. The van der Waals surface area contributed by atoms with Crippen molar-refractivity contribution in [3.63, 3.8) is 0 Å². The van der Waals surface area contributed by atoms with Gasteiger partial charge < -0.3 is 16.2 Å². The number of hydrogen-bond donors (Lipinski definition) is 3. The Labute approximate surface area is 242 Å². The molecule has 1 aliphatic rings. The zero-order valence-corrected chi connectivity index (χ0v) is 22.5. The smallest absolute Gasteiger partial charge is 0.282 e. The van der Waals surface area contributed by atoms with Crippen LogP contribution in [0.5, 0.6) is 0 Å². The van der Waals surface area contributed by atoms with Gasteiger partial charge in [-0.05, 0) is 66.6 Å². The molecule has 2 aromatic carbocycles. The molecule has 1 saturated carbocycles. The number of aromatic nitrogens is 3. The SMILES string of the molecule is NC(=O)c1cc(-c2cccnc2[C@H](Cc2cc(F)cc(F)c2)NC(=O)Cn2nc(C(F)F)c(C3CC3)c2CO)ccc1F. The fourth-order valence-corrected chi connectivity index (χ4v) is 5.18. The monoisotopic (exact) mass is 599 g/mol. The van der Waals surface area contributed by atoms with E-state index in [1.54, 1.807) is 12.1 Å². The maximum Gasteiger partial charge on any atom is 0.282 e. The zero-order valence-electron chi connectivity index (χ0n) is 22.5. The number of primary amides is 1. The van der Waals surface area contributed by atoms with Crippen LogP contribution >= 0.6 is 0 Å². The van der Waals surface area contributed by atoms with Gasteiger partial charge in [0.15, 0.2) is 0 Å². The second kappa shape index (κ2) is 12.3.